The Hall–Kier alpha value is -0.650. The third kappa shape index (κ3) is 3.02. The predicted octanol–water partition coefficient (Wildman–Crippen LogP) is 3.31. The van der Waals surface area contributed by atoms with Gasteiger partial charge in [0.25, 0.3) is 0 Å². The first kappa shape index (κ1) is 13.8. The van der Waals surface area contributed by atoms with Crippen LogP contribution < -0.4 is 11.1 Å². The van der Waals surface area contributed by atoms with Gasteiger partial charge in [0.1, 0.15) is 5.82 Å². The van der Waals surface area contributed by atoms with Crippen molar-refractivity contribution in [1.29, 1.82) is 0 Å². The molecule has 1 aromatic rings. The normalized spacial score (nSPS) is 23.1. The van der Waals surface area contributed by atoms with Crippen LogP contribution in [0.3, 0.4) is 0 Å². The number of rotatable bonds is 2. The molecule has 1 saturated carbocycles. The van der Waals surface area contributed by atoms with Gasteiger partial charge in [-0.25, -0.2) is 4.39 Å². The molecular weight excluding hydrogens is 322 g/mol. The first-order valence-electron chi connectivity index (χ1n) is 5.68. The SMILES string of the molecule is NC1CCC(C(=O)Nc2c(Cl)cc(F)cc2Br)C1. The van der Waals surface area contributed by atoms with Crippen molar-refractivity contribution >= 4 is 39.1 Å². The Bertz CT molecular complexity index is 460. The van der Waals surface area contributed by atoms with Crippen molar-refractivity contribution in [2.75, 3.05) is 5.32 Å². The van der Waals surface area contributed by atoms with E-state index in [1.807, 2.05) is 0 Å². The average Bonchev–Trinajstić information content (AvgIpc) is 2.70. The number of amides is 1. The number of benzene rings is 1. The van der Waals surface area contributed by atoms with Gasteiger partial charge in [0.15, 0.2) is 0 Å². The van der Waals surface area contributed by atoms with Gasteiger partial charge in [-0.2, -0.15) is 0 Å². The van der Waals surface area contributed by atoms with Crippen molar-refractivity contribution in [2.24, 2.45) is 11.7 Å². The lowest BCUT2D eigenvalue weighted by Crippen LogP contribution is -2.23. The predicted molar refractivity (Wildman–Crippen MR) is 73.1 cm³/mol. The van der Waals surface area contributed by atoms with E-state index in [9.17, 15) is 9.18 Å². The Balaban J connectivity index is 2.12. The fourth-order valence-electron chi connectivity index (χ4n) is 2.14. The number of nitrogens with two attached hydrogens (primary N) is 1. The van der Waals surface area contributed by atoms with Crippen molar-refractivity contribution in [2.45, 2.75) is 25.3 Å². The van der Waals surface area contributed by atoms with Gasteiger partial charge in [0, 0.05) is 16.4 Å². The van der Waals surface area contributed by atoms with Crippen LogP contribution in [0.15, 0.2) is 16.6 Å². The van der Waals surface area contributed by atoms with E-state index in [4.69, 9.17) is 17.3 Å². The second-order valence-electron chi connectivity index (χ2n) is 4.50. The van der Waals surface area contributed by atoms with Crippen molar-refractivity contribution in [3.8, 4) is 0 Å². The molecule has 98 valence electrons. The van der Waals surface area contributed by atoms with Crippen molar-refractivity contribution < 1.29 is 9.18 Å². The Kier molecular flexibility index (Phi) is 4.25. The summed E-state index contributed by atoms with van der Waals surface area (Å²) in [6.45, 7) is 0. The van der Waals surface area contributed by atoms with Gasteiger partial charge in [-0.1, -0.05) is 11.6 Å². The molecule has 6 heteroatoms. The van der Waals surface area contributed by atoms with Crippen molar-refractivity contribution in [3.63, 3.8) is 0 Å². The van der Waals surface area contributed by atoms with Gasteiger partial charge >= 0.3 is 0 Å². The van der Waals surface area contributed by atoms with Gasteiger partial charge in [0.05, 0.1) is 10.7 Å². The topological polar surface area (TPSA) is 55.1 Å². The Morgan fingerprint density at radius 1 is 1.50 bits per heavy atom. The number of nitrogens with one attached hydrogen (secondary N) is 1. The van der Waals surface area contributed by atoms with E-state index in [-0.39, 0.29) is 22.9 Å². The summed E-state index contributed by atoms with van der Waals surface area (Å²) < 4.78 is 13.5. The minimum atomic E-state index is -0.451. The summed E-state index contributed by atoms with van der Waals surface area (Å²) in [6.07, 6.45) is 2.32. The minimum absolute atomic E-state index is 0.0898. The molecule has 0 aliphatic heterocycles. The number of anilines is 1. The highest BCUT2D eigenvalue weighted by atomic mass is 79.9. The summed E-state index contributed by atoms with van der Waals surface area (Å²) in [5.41, 5.74) is 6.18. The average molecular weight is 336 g/mol. The summed E-state index contributed by atoms with van der Waals surface area (Å²) in [6, 6.07) is 2.53. The number of carbonyl (C=O) groups excluding carboxylic acids is 1. The van der Waals surface area contributed by atoms with Crippen molar-refractivity contribution in [1.82, 2.24) is 0 Å². The van der Waals surface area contributed by atoms with Crippen LogP contribution in [0.2, 0.25) is 5.02 Å². The van der Waals surface area contributed by atoms with E-state index < -0.39 is 5.82 Å². The first-order chi connectivity index (χ1) is 8.47. The molecule has 1 aliphatic rings. The van der Waals surface area contributed by atoms with Gasteiger partial charge < -0.3 is 11.1 Å². The fourth-order valence-corrected chi connectivity index (χ4v) is 3.04. The summed E-state index contributed by atoms with van der Waals surface area (Å²) in [7, 11) is 0. The third-order valence-corrected chi connectivity index (χ3v) is 4.02. The van der Waals surface area contributed by atoms with Gasteiger partial charge in [-0.15, -0.1) is 0 Å². The molecule has 3 N–H and O–H groups in total. The highest BCUT2D eigenvalue weighted by molar-refractivity contribution is 9.10. The molecule has 0 radical (unpaired) electrons. The lowest BCUT2D eigenvalue weighted by atomic mass is 10.1. The summed E-state index contributed by atoms with van der Waals surface area (Å²) >= 11 is 9.09. The highest BCUT2D eigenvalue weighted by Crippen LogP contribution is 2.33. The van der Waals surface area contributed by atoms with Crippen LogP contribution in [0.5, 0.6) is 0 Å². The Morgan fingerprint density at radius 2 is 2.22 bits per heavy atom. The number of halogens is 3. The molecule has 1 amide bonds. The van der Waals surface area contributed by atoms with E-state index in [0.717, 1.165) is 12.8 Å². The zero-order valence-electron chi connectivity index (χ0n) is 9.55. The van der Waals surface area contributed by atoms with Crippen molar-refractivity contribution in [3.05, 3.63) is 27.4 Å². The minimum Gasteiger partial charge on any atom is -0.328 e. The number of hydrogen-bond acceptors (Lipinski definition) is 2. The largest absolute Gasteiger partial charge is 0.328 e. The standard InChI is InChI=1S/C12H13BrClFN2O/c13-9-4-7(15)5-10(14)11(9)17-12(18)6-1-2-8(16)3-6/h4-6,8H,1-3,16H2,(H,17,18). The molecule has 0 spiro atoms. The van der Waals surface area contributed by atoms with E-state index in [1.165, 1.54) is 12.1 Å². The van der Waals surface area contributed by atoms with Gasteiger partial charge in [-0.3, -0.25) is 4.79 Å². The van der Waals surface area contributed by atoms with E-state index >= 15 is 0 Å². The quantitative estimate of drug-likeness (QED) is 0.871. The molecule has 3 nitrogen and oxygen atoms in total. The summed E-state index contributed by atoms with van der Waals surface area (Å²) in [4.78, 5) is 12.0. The van der Waals surface area contributed by atoms with Gasteiger partial charge in [-0.05, 0) is 47.3 Å². The van der Waals surface area contributed by atoms with E-state index in [2.05, 4.69) is 21.2 Å². The lowest BCUT2D eigenvalue weighted by molar-refractivity contribution is -0.119. The lowest BCUT2D eigenvalue weighted by Gasteiger charge is -2.13. The number of carbonyl (C=O) groups is 1. The smallest absolute Gasteiger partial charge is 0.227 e. The van der Waals surface area contributed by atoms with Gasteiger partial charge in [0.2, 0.25) is 5.91 Å². The van der Waals surface area contributed by atoms with Crippen LogP contribution in [-0.2, 0) is 4.79 Å². The third-order valence-electron chi connectivity index (χ3n) is 3.10. The molecule has 2 unspecified atom stereocenters. The first-order valence-corrected chi connectivity index (χ1v) is 6.85. The molecule has 1 fully saturated rings. The zero-order valence-corrected chi connectivity index (χ0v) is 11.9. The molecule has 1 aromatic carbocycles. The maximum absolute atomic E-state index is 13.1. The van der Waals surface area contributed by atoms with Crippen LogP contribution in [0, 0.1) is 11.7 Å². The van der Waals surface area contributed by atoms with Crippen LogP contribution in [0.25, 0.3) is 0 Å². The fraction of sp³-hybridized carbons (Fsp3) is 0.417. The maximum atomic E-state index is 13.1. The molecule has 18 heavy (non-hydrogen) atoms. The van der Waals surface area contributed by atoms with Crippen LogP contribution in [-0.4, -0.2) is 11.9 Å². The van der Waals surface area contributed by atoms with Crippen LogP contribution in [0.4, 0.5) is 10.1 Å². The molecule has 0 aromatic heterocycles. The van der Waals surface area contributed by atoms with Crippen LogP contribution in [0.1, 0.15) is 19.3 Å². The molecule has 2 atom stereocenters. The second-order valence-corrected chi connectivity index (χ2v) is 5.77. The zero-order chi connectivity index (χ0) is 13.3. The second kappa shape index (κ2) is 5.55. The summed E-state index contributed by atoms with van der Waals surface area (Å²) in [5, 5.41) is 2.91. The molecule has 2 rings (SSSR count). The van der Waals surface area contributed by atoms with Crippen LogP contribution >= 0.6 is 27.5 Å². The molecule has 1 aliphatic carbocycles. The molecular formula is C12H13BrClFN2O. The Labute approximate surface area is 118 Å². The summed E-state index contributed by atoms with van der Waals surface area (Å²) in [5.74, 6) is -0.655. The highest BCUT2D eigenvalue weighted by Gasteiger charge is 2.28. The molecule has 0 heterocycles. The molecule has 0 saturated heterocycles. The molecule has 0 bridgehead atoms. The maximum Gasteiger partial charge on any atom is 0.227 e. The monoisotopic (exact) mass is 334 g/mol. The van der Waals surface area contributed by atoms with E-state index in [0.29, 0.717) is 16.6 Å². The Morgan fingerprint density at radius 3 is 2.78 bits per heavy atom. The number of hydrogen-bond donors (Lipinski definition) is 2. The van der Waals surface area contributed by atoms with E-state index in [1.54, 1.807) is 0 Å².